The van der Waals surface area contributed by atoms with E-state index in [9.17, 15) is 0 Å². The van der Waals surface area contributed by atoms with Gasteiger partial charge in [-0.3, -0.25) is 0 Å². The molecule has 88 valence electrons. The first-order chi connectivity index (χ1) is 7.56. The molecule has 0 aromatic rings. The summed E-state index contributed by atoms with van der Waals surface area (Å²) in [6.45, 7) is 7.53. The van der Waals surface area contributed by atoms with Gasteiger partial charge in [0, 0.05) is 11.0 Å². The highest BCUT2D eigenvalue weighted by Gasteiger charge is 2.68. The van der Waals surface area contributed by atoms with Crippen LogP contribution in [-0.2, 0) is 4.74 Å². The summed E-state index contributed by atoms with van der Waals surface area (Å²) in [7, 11) is 0. The number of ether oxygens (including phenoxy) is 1. The zero-order chi connectivity index (χ0) is 11.1. The van der Waals surface area contributed by atoms with E-state index in [1.165, 1.54) is 25.7 Å². The van der Waals surface area contributed by atoms with Crippen LogP contribution in [0.1, 0.15) is 46.5 Å². The normalized spacial score (nSPS) is 55.8. The molecule has 1 aliphatic heterocycles. The molecular formula is C15H22O. The predicted molar refractivity (Wildman–Crippen MR) is 63.8 cm³/mol. The Kier molecular flexibility index (Phi) is 1.50. The lowest BCUT2D eigenvalue weighted by Crippen LogP contribution is -2.33. The maximum atomic E-state index is 5.64. The molecule has 16 heavy (non-hydrogen) atoms. The van der Waals surface area contributed by atoms with Crippen molar-refractivity contribution >= 4 is 0 Å². The average Bonchev–Trinajstić information content (AvgIpc) is 2.49. The van der Waals surface area contributed by atoms with Gasteiger partial charge in [0.05, 0.1) is 6.26 Å². The lowest BCUT2D eigenvalue weighted by molar-refractivity contribution is 0.0781. The third-order valence-corrected chi connectivity index (χ3v) is 6.57. The van der Waals surface area contributed by atoms with E-state index in [2.05, 4.69) is 27.0 Å². The molecule has 4 aliphatic rings. The lowest BCUT2D eigenvalue weighted by atomic mass is 9.67. The van der Waals surface area contributed by atoms with Gasteiger partial charge in [0.25, 0.3) is 0 Å². The van der Waals surface area contributed by atoms with Crippen molar-refractivity contribution < 1.29 is 4.74 Å². The molecular weight excluding hydrogens is 196 g/mol. The van der Waals surface area contributed by atoms with Crippen LogP contribution in [0.15, 0.2) is 11.8 Å². The Hall–Kier alpha value is -0.460. The molecule has 2 bridgehead atoms. The van der Waals surface area contributed by atoms with E-state index < -0.39 is 0 Å². The largest absolute Gasteiger partial charge is 0.493 e. The third-order valence-electron chi connectivity index (χ3n) is 6.57. The van der Waals surface area contributed by atoms with Crippen molar-refractivity contribution in [1.29, 1.82) is 0 Å². The molecule has 0 aromatic carbocycles. The van der Waals surface area contributed by atoms with Crippen LogP contribution in [0.3, 0.4) is 0 Å². The van der Waals surface area contributed by atoms with Crippen LogP contribution < -0.4 is 0 Å². The molecule has 1 spiro atoms. The van der Waals surface area contributed by atoms with Gasteiger partial charge in [0.2, 0.25) is 0 Å². The Bertz CT molecular complexity index is 381. The van der Waals surface area contributed by atoms with Gasteiger partial charge < -0.3 is 4.74 Å². The predicted octanol–water partition coefficient (Wildman–Crippen LogP) is 3.75. The molecule has 1 heteroatoms. The van der Waals surface area contributed by atoms with E-state index in [1.807, 2.05) is 0 Å². The molecule has 1 unspecified atom stereocenters. The summed E-state index contributed by atoms with van der Waals surface area (Å²) in [5.41, 5.74) is 2.81. The molecule has 3 saturated carbocycles. The van der Waals surface area contributed by atoms with Crippen LogP contribution in [0.5, 0.6) is 0 Å². The highest BCUT2D eigenvalue weighted by Crippen LogP contribution is 2.73. The zero-order valence-electron chi connectivity index (χ0n) is 10.6. The highest BCUT2D eigenvalue weighted by molar-refractivity contribution is 5.35. The van der Waals surface area contributed by atoms with Crippen LogP contribution in [0.4, 0.5) is 0 Å². The number of hydrogen-bond acceptors (Lipinski definition) is 1. The highest BCUT2D eigenvalue weighted by atomic mass is 16.5. The monoisotopic (exact) mass is 218 g/mol. The number of rotatable bonds is 0. The van der Waals surface area contributed by atoms with Gasteiger partial charge >= 0.3 is 0 Å². The lowest BCUT2D eigenvalue weighted by Gasteiger charge is -2.40. The Morgan fingerprint density at radius 2 is 2.19 bits per heavy atom. The maximum Gasteiger partial charge on any atom is 0.123 e. The van der Waals surface area contributed by atoms with Crippen molar-refractivity contribution in [2.75, 3.05) is 0 Å². The van der Waals surface area contributed by atoms with Gasteiger partial charge in [-0.2, -0.15) is 0 Å². The van der Waals surface area contributed by atoms with Crippen LogP contribution >= 0.6 is 0 Å². The fraction of sp³-hybridized carbons (Fsp3) is 0.867. The maximum absolute atomic E-state index is 5.64. The molecule has 4 rings (SSSR count). The van der Waals surface area contributed by atoms with Crippen LogP contribution in [-0.4, -0.2) is 6.10 Å². The molecule has 0 saturated heterocycles. The molecule has 0 aromatic heterocycles. The fourth-order valence-corrected chi connectivity index (χ4v) is 5.73. The Morgan fingerprint density at radius 1 is 1.38 bits per heavy atom. The molecule has 3 aliphatic carbocycles. The van der Waals surface area contributed by atoms with E-state index in [-0.39, 0.29) is 0 Å². The van der Waals surface area contributed by atoms with Crippen molar-refractivity contribution in [2.45, 2.75) is 52.6 Å². The SMILES string of the molecule is C[C@@H]1CC[C@]23C[C@H]1C(C)(C)[C@@H]2CC1OC=C13. The molecule has 5 atom stereocenters. The standard InChI is InChI=1S/C15H22O/c1-9-4-5-15-7-10(9)14(2,3)13(15)6-12-11(15)8-16-12/h8-10,12-13H,4-7H2,1-3H3/t9-,10-,12?,13+,15-/m1/s1. The summed E-state index contributed by atoms with van der Waals surface area (Å²) in [5, 5.41) is 0. The summed E-state index contributed by atoms with van der Waals surface area (Å²) in [5.74, 6) is 2.79. The summed E-state index contributed by atoms with van der Waals surface area (Å²) in [6, 6.07) is 0. The molecule has 0 N–H and O–H groups in total. The van der Waals surface area contributed by atoms with Crippen LogP contribution in [0.25, 0.3) is 0 Å². The Labute approximate surface area is 98.2 Å². The van der Waals surface area contributed by atoms with Gasteiger partial charge in [-0.25, -0.2) is 0 Å². The fourth-order valence-electron chi connectivity index (χ4n) is 5.73. The van der Waals surface area contributed by atoms with E-state index >= 15 is 0 Å². The Morgan fingerprint density at radius 3 is 2.88 bits per heavy atom. The van der Waals surface area contributed by atoms with Crippen molar-refractivity contribution in [1.82, 2.24) is 0 Å². The van der Waals surface area contributed by atoms with Gasteiger partial charge in [-0.05, 0) is 48.9 Å². The summed E-state index contributed by atoms with van der Waals surface area (Å²) in [6.07, 6.45) is 8.25. The van der Waals surface area contributed by atoms with Crippen molar-refractivity contribution in [3.8, 4) is 0 Å². The topological polar surface area (TPSA) is 9.23 Å². The average molecular weight is 218 g/mol. The van der Waals surface area contributed by atoms with Crippen LogP contribution in [0.2, 0.25) is 0 Å². The van der Waals surface area contributed by atoms with Gasteiger partial charge in [0.1, 0.15) is 6.10 Å². The third kappa shape index (κ3) is 0.802. The minimum Gasteiger partial charge on any atom is -0.493 e. The van der Waals surface area contributed by atoms with E-state index in [0.717, 1.165) is 17.8 Å². The Balaban J connectivity index is 1.85. The molecule has 0 radical (unpaired) electrons. The second kappa shape index (κ2) is 2.52. The van der Waals surface area contributed by atoms with Crippen molar-refractivity contribution in [3.05, 3.63) is 11.8 Å². The first kappa shape index (κ1) is 9.56. The minimum atomic E-state index is 0.513. The number of fused-ring (bicyclic) bond motifs is 2. The van der Waals surface area contributed by atoms with E-state index in [4.69, 9.17) is 4.74 Å². The molecule has 1 heterocycles. The van der Waals surface area contributed by atoms with E-state index in [0.29, 0.717) is 16.9 Å². The van der Waals surface area contributed by atoms with Crippen molar-refractivity contribution in [2.24, 2.45) is 28.6 Å². The van der Waals surface area contributed by atoms with Gasteiger partial charge in [-0.1, -0.05) is 20.8 Å². The molecule has 1 nitrogen and oxygen atoms in total. The summed E-state index contributed by atoms with van der Waals surface area (Å²) in [4.78, 5) is 0. The van der Waals surface area contributed by atoms with Crippen LogP contribution in [0, 0.1) is 28.6 Å². The molecule has 3 fully saturated rings. The summed E-state index contributed by atoms with van der Waals surface area (Å²) >= 11 is 0. The van der Waals surface area contributed by atoms with Gasteiger partial charge in [0.15, 0.2) is 0 Å². The minimum absolute atomic E-state index is 0.513. The summed E-state index contributed by atoms with van der Waals surface area (Å²) < 4.78 is 5.64. The smallest absolute Gasteiger partial charge is 0.123 e. The second-order valence-corrected chi connectivity index (χ2v) is 7.29. The number of hydrogen-bond donors (Lipinski definition) is 0. The first-order valence-corrected chi connectivity index (χ1v) is 6.92. The quantitative estimate of drug-likeness (QED) is 0.601. The first-order valence-electron chi connectivity index (χ1n) is 6.92. The van der Waals surface area contributed by atoms with Crippen molar-refractivity contribution in [3.63, 3.8) is 0 Å². The zero-order valence-corrected chi connectivity index (χ0v) is 10.6. The van der Waals surface area contributed by atoms with E-state index in [1.54, 1.807) is 5.57 Å². The van der Waals surface area contributed by atoms with Gasteiger partial charge in [-0.15, -0.1) is 0 Å². The molecule has 0 amide bonds. The second-order valence-electron chi connectivity index (χ2n) is 7.29.